The Balaban J connectivity index is 2.41. The van der Waals surface area contributed by atoms with Crippen LogP contribution in [0.1, 0.15) is 22.0 Å². The lowest BCUT2D eigenvalue weighted by Gasteiger charge is -2.04. The van der Waals surface area contributed by atoms with Crippen LogP contribution in [-0.4, -0.2) is 43.2 Å². The van der Waals surface area contributed by atoms with Crippen LogP contribution in [-0.2, 0) is 15.9 Å². The third-order valence-electron chi connectivity index (χ3n) is 1.94. The molecule has 0 saturated carbocycles. The lowest BCUT2D eigenvalue weighted by Crippen LogP contribution is -2.08. The largest absolute Gasteiger partial charge is 0.382 e. The van der Waals surface area contributed by atoms with Gasteiger partial charge in [-0.05, 0) is 13.0 Å². The molecule has 0 radical (unpaired) electrons. The van der Waals surface area contributed by atoms with E-state index in [1.807, 2.05) is 6.92 Å². The first-order chi connectivity index (χ1) is 7.76. The maximum atomic E-state index is 10.6. The van der Waals surface area contributed by atoms with Gasteiger partial charge < -0.3 is 9.47 Å². The van der Waals surface area contributed by atoms with E-state index < -0.39 is 0 Å². The highest BCUT2D eigenvalue weighted by molar-refractivity contribution is 5.71. The fourth-order valence-corrected chi connectivity index (χ4v) is 1.24. The predicted molar refractivity (Wildman–Crippen MR) is 58.6 cm³/mol. The third-order valence-corrected chi connectivity index (χ3v) is 1.94. The van der Waals surface area contributed by atoms with E-state index in [1.165, 1.54) is 0 Å². The molecule has 1 rings (SSSR count). The molecule has 0 aliphatic carbocycles. The molecule has 0 saturated heterocycles. The molecular formula is C11H16N2O3. The van der Waals surface area contributed by atoms with Gasteiger partial charge in [0, 0.05) is 19.2 Å². The van der Waals surface area contributed by atoms with E-state index in [-0.39, 0.29) is 0 Å². The molecule has 0 unspecified atom stereocenters. The van der Waals surface area contributed by atoms with Gasteiger partial charge in [0.05, 0.1) is 19.8 Å². The number of aryl methyl sites for hydroxylation is 1. The summed E-state index contributed by atoms with van der Waals surface area (Å²) >= 11 is 0. The lowest BCUT2D eigenvalue weighted by atomic mass is 10.3. The second kappa shape index (κ2) is 7.03. The molecule has 1 aromatic rings. The quantitative estimate of drug-likeness (QED) is 0.506. The van der Waals surface area contributed by atoms with E-state index in [0.717, 1.165) is 12.0 Å². The Labute approximate surface area is 94.8 Å². The maximum Gasteiger partial charge on any atom is 0.168 e. The van der Waals surface area contributed by atoms with Crippen LogP contribution in [0, 0.1) is 6.92 Å². The Morgan fingerprint density at radius 3 is 2.81 bits per heavy atom. The molecule has 0 aliphatic heterocycles. The van der Waals surface area contributed by atoms with Crippen molar-refractivity contribution in [2.75, 3.05) is 26.9 Å². The predicted octanol–water partition coefficient (Wildman–Crippen LogP) is 0.803. The molecular weight excluding hydrogens is 208 g/mol. The summed E-state index contributed by atoms with van der Waals surface area (Å²) in [5.74, 6) is 0.638. The number of nitrogens with zero attached hydrogens (tertiary/aromatic N) is 2. The van der Waals surface area contributed by atoms with Crippen LogP contribution in [0.5, 0.6) is 0 Å². The Bertz CT molecular complexity index is 342. The Hall–Kier alpha value is -1.33. The number of carbonyl (C=O) groups excluding carboxylic acids is 1. The van der Waals surface area contributed by atoms with Crippen molar-refractivity contribution in [3.63, 3.8) is 0 Å². The second-order valence-electron chi connectivity index (χ2n) is 3.32. The summed E-state index contributed by atoms with van der Waals surface area (Å²) in [4.78, 5) is 18.9. The number of hydrogen-bond donors (Lipinski definition) is 0. The van der Waals surface area contributed by atoms with Crippen molar-refractivity contribution >= 4 is 6.29 Å². The number of aldehydes is 1. The Morgan fingerprint density at radius 1 is 1.31 bits per heavy atom. The van der Waals surface area contributed by atoms with Gasteiger partial charge in [0.1, 0.15) is 11.5 Å². The summed E-state index contributed by atoms with van der Waals surface area (Å²) in [7, 11) is 1.63. The minimum atomic E-state index is 0.416. The summed E-state index contributed by atoms with van der Waals surface area (Å²) in [5, 5.41) is 0. The van der Waals surface area contributed by atoms with E-state index in [9.17, 15) is 4.79 Å². The van der Waals surface area contributed by atoms with E-state index in [0.29, 0.717) is 37.8 Å². The Morgan fingerprint density at radius 2 is 2.12 bits per heavy atom. The van der Waals surface area contributed by atoms with Gasteiger partial charge in [-0.2, -0.15) is 0 Å². The first-order valence-electron chi connectivity index (χ1n) is 5.12. The minimum absolute atomic E-state index is 0.416. The smallest absolute Gasteiger partial charge is 0.168 e. The summed E-state index contributed by atoms with van der Waals surface area (Å²) < 4.78 is 10.1. The molecule has 16 heavy (non-hydrogen) atoms. The molecule has 88 valence electrons. The number of methoxy groups -OCH3 is 1. The van der Waals surface area contributed by atoms with Crippen molar-refractivity contribution in [3.05, 3.63) is 23.3 Å². The zero-order valence-corrected chi connectivity index (χ0v) is 9.60. The molecule has 0 aromatic carbocycles. The molecule has 0 aliphatic rings. The maximum absolute atomic E-state index is 10.6. The van der Waals surface area contributed by atoms with Gasteiger partial charge in [0.2, 0.25) is 0 Å². The van der Waals surface area contributed by atoms with Crippen molar-refractivity contribution in [2.45, 2.75) is 13.3 Å². The van der Waals surface area contributed by atoms with Gasteiger partial charge in [0.25, 0.3) is 0 Å². The first-order valence-corrected chi connectivity index (χ1v) is 5.12. The number of ether oxygens (including phenoxy) is 2. The van der Waals surface area contributed by atoms with Crippen molar-refractivity contribution in [3.8, 4) is 0 Å². The summed E-state index contributed by atoms with van der Waals surface area (Å²) in [5.41, 5.74) is 1.21. The summed E-state index contributed by atoms with van der Waals surface area (Å²) in [6.07, 6.45) is 1.33. The van der Waals surface area contributed by atoms with Gasteiger partial charge >= 0.3 is 0 Å². The van der Waals surface area contributed by atoms with Crippen molar-refractivity contribution in [2.24, 2.45) is 0 Å². The molecule has 0 N–H and O–H groups in total. The van der Waals surface area contributed by atoms with Crippen LogP contribution in [0.15, 0.2) is 6.07 Å². The van der Waals surface area contributed by atoms with Gasteiger partial charge in [-0.25, -0.2) is 9.97 Å². The van der Waals surface area contributed by atoms with Crippen LogP contribution in [0.25, 0.3) is 0 Å². The zero-order valence-electron chi connectivity index (χ0n) is 9.60. The third kappa shape index (κ3) is 4.46. The molecule has 0 atom stereocenters. The highest BCUT2D eigenvalue weighted by Gasteiger charge is 2.01. The van der Waals surface area contributed by atoms with Crippen LogP contribution >= 0.6 is 0 Å². The van der Waals surface area contributed by atoms with Crippen LogP contribution < -0.4 is 0 Å². The summed E-state index contributed by atoms with van der Waals surface area (Å²) in [6, 6.07) is 1.66. The van der Waals surface area contributed by atoms with Crippen LogP contribution in [0.4, 0.5) is 0 Å². The van der Waals surface area contributed by atoms with E-state index in [2.05, 4.69) is 9.97 Å². The highest BCUT2D eigenvalue weighted by Crippen LogP contribution is 1.99. The molecule has 1 heterocycles. The van der Waals surface area contributed by atoms with Crippen LogP contribution in [0.3, 0.4) is 0 Å². The van der Waals surface area contributed by atoms with E-state index in [4.69, 9.17) is 9.47 Å². The molecule has 0 bridgehead atoms. The first kappa shape index (κ1) is 12.7. The number of aromatic nitrogens is 2. The molecule has 5 heteroatoms. The molecule has 0 fully saturated rings. The number of hydrogen-bond acceptors (Lipinski definition) is 5. The lowest BCUT2D eigenvalue weighted by molar-refractivity contribution is 0.0716. The fourth-order valence-electron chi connectivity index (χ4n) is 1.24. The average Bonchev–Trinajstić information content (AvgIpc) is 2.28. The van der Waals surface area contributed by atoms with Gasteiger partial charge in [-0.3, -0.25) is 4.79 Å². The number of rotatable bonds is 7. The van der Waals surface area contributed by atoms with Crippen molar-refractivity contribution in [1.82, 2.24) is 9.97 Å². The van der Waals surface area contributed by atoms with E-state index >= 15 is 0 Å². The van der Waals surface area contributed by atoms with Gasteiger partial charge in [-0.15, -0.1) is 0 Å². The highest BCUT2D eigenvalue weighted by atomic mass is 16.5. The molecule has 0 spiro atoms. The number of carbonyl (C=O) groups is 1. The zero-order chi connectivity index (χ0) is 11.8. The fraction of sp³-hybridized carbons (Fsp3) is 0.545. The molecule has 1 aromatic heterocycles. The van der Waals surface area contributed by atoms with Crippen LogP contribution in [0.2, 0.25) is 0 Å². The normalized spacial score (nSPS) is 10.4. The Kier molecular flexibility index (Phi) is 5.60. The average molecular weight is 224 g/mol. The minimum Gasteiger partial charge on any atom is -0.382 e. The SMILES string of the molecule is COCCOCCc1nc(C)cc(C=O)n1. The molecule has 0 amide bonds. The monoisotopic (exact) mass is 224 g/mol. The van der Waals surface area contributed by atoms with Gasteiger partial charge in [0.15, 0.2) is 6.29 Å². The van der Waals surface area contributed by atoms with Crippen molar-refractivity contribution in [1.29, 1.82) is 0 Å². The second-order valence-corrected chi connectivity index (χ2v) is 3.32. The van der Waals surface area contributed by atoms with E-state index in [1.54, 1.807) is 13.2 Å². The molecule has 5 nitrogen and oxygen atoms in total. The summed E-state index contributed by atoms with van der Waals surface area (Å²) in [6.45, 7) is 3.51. The van der Waals surface area contributed by atoms with Crippen molar-refractivity contribution < 1.29 is 14.3 Å². The topological polar surface area (TPSA) is 61.3 Å². The van der Waals surface area contributed by atoms with Gasteiger partial charge in [-0.1, -0.05) is 0 Å². The standard InChI is InChI=1S/C11H16N2O3/c1-9-7-10(8-14)13-11(12-9)3-4-16-6-5-15-2/h7-8H,3-6H2,1-2H3.